The van der Waals surface area contributed by atoms with Crippen molar-refractivity contribution >= 4 is 11.9 Å². The molecule has 1 saturated heterocycles. The summed E-state index contributed by atoms with van der Waals surface area (Å²) in [6.45, 7) is 5.24. The average molecular weight is 627 g/mol. The molecule has 0 radical (unpaired) electrons. The van der Waals surface area contributed by atoms with Crippen molar-refractivity contribution in [2.45, 2.75) is 76.6 Å². The number of aliphatic hydroxyl groups is 1. The van der Waals surface area contributed by atoms with Gasteiger partial charge in [0.15, 0.2) is 11.5 Å². The lowest BCUT2D eigenvalue weighted by Gasteiger charge is -2.31. The highest BCUT2D eigenvalue weighted by molar-refractivity contribution is 6.07. The van der Waals surface area contributed by atoms with Gasteiger partial charge >= 0.3 is 12.2 Å². The topological polar surface area (TPSA) is 97.3 Å². The number of nitrogens with zero attached hydrogens (tertiary/aromatic N) is 1. The molecule has 2 aromatic carbocycles. The predicted octanol–water partition coefficient (Wildman–Crippen LogP) is 6.13. The number of ether oxygens (including phenoxy) is 3. The zero-order valence-electron chi connectivity index (χ0n) is 24.6. The Labute approximate surface area is 251 Å². The molecular formula is C31H35F5N2O6. The number of carbonyl (C=O) groups excluding carboxylic acids is 2. The second-order valence-electron chi connectivity index (χ2n) is 10.6. The molecule has 1 fully saturated rings. The number of nitrogens with one attached hydrogen (secondary N) is 1. The van der Waals surface area contributed by atoms with Gasteiger partial charge in [0.1, 0.15) is 17.9 Å². The molecular weight excluding hydrogens is 591 g/mol. The largest absolute Gasteiger partial charge is 0.489 e. The van der Waals surface area contributed by atoms with Crippen LogP contribution in [0.25, 0.3) is 0 Å². The number of halogens is 5. The quantitative estimate of drug-likeness (QED) is 0.158. The second kappa shape index (κ2) is 13.0. The molecule has 3 amide bonds. The second-order valence-corrected chi connectivity index (χ2v) is 10.6. The van der Waals surface area contributed by atoms with Crippen molar-refractivity contribution in [3.63, 3.8) is 0 Å². The molecule has 8 nitrogen and oxygen atoms in total. The highest BCUT2D eigenvalue weighted by Crippen LogP contribution is 2.46. The summed E-state index contributed by atoms with van der Waals surface area (Å²) in [6.07, 6.45) is -4.90. The molecule has 13 heteroatoms. The molecule has 2 unspecified atom stereocenters. The minimum absolute atomic E-state index is 0.0622. The van der Waals surface area contributed by atoms with E-state index in [0.717, 1.165) is 17.0 Å². The molecule has 2 aliphatic rings. The highest BCUT2D eigenvalue weighted by Gasteiger charge is 2.62. The summed E-state index contributed by atoms with van der Waals surface area (Å²) in [5, 5.41) is 12.9. The van der Waals surface area contributed by atoms with E-state index in [1.807, 2.05) is 0 Å². The van der Waals surface area contributed by atoms with Gasteiger partial charge in [-0.25, -0.2) is 13.6 Å². The van der Waals surface area contributed by atoms with Crippen molar-refractivity contribution in [3.8, 4) is 17.2 Å². The molecule has 2 atom stereocenters. The first-order valence-corrected chi connectivity index (χ1v) is 14.4. The number of fused-ring (bicyclic) bond motifs is 1. The van der Waals surface area contributed by atoms with Crippen LogP contribution in [0.5, 0.6) is 17.2 Å². The van der Waals surface area contributed by atoms with E-state index in [9.17, 15) is 36.6 Å². The Morgan fingerprint density at radius 1 is 1.02 bits per heavy atom. The van der Waals surface area contributed by atoms with Gasteiger partial charge in [-0.3, -0.25) is 9.69 Å². The van der Waals surface area contributed by atoms with Crippen LogP contribution >= 0.6 is 0 Å². The van der Waals surface area contributed by atoms with Crippen LogP contribution in [0.2, 0.25) is 0 Å². The maximum Gasteiger partial charge on any atom is 0.427 e. The van der Waals surface area contributed by atoms with Crippen molar-refractivity contribution in [1.82, 2.24) is 10.2 Å². The number of aryl methyl sites for hydroxylation is 2. The Balaban J connectivity index is 1.51. The summed E-state index contributed by atoms with van der Waals surface area (Å²) >= 11 is 0. The van der Waals surface area contributed by atoms with Gasteiger partial charge in [0.25, 0.3) is 12.3 Å². The van der Waals surface area contributed by atoms with Crippen LogP contribution in [0.3, 0.4) is 0 Å². The van der Waals surface area contributed by atoms with Crippen LogP contribution in [-0.4, -0.2) is 54.5 Å². The fourth-order valence-electron chi connectivity index (χ4n) is 5.46. The van der Waals surface area contributed by atoms with E-state index in [-0.39, 0.29) is 56.1 Å². The fraction of sp³-hybridized carbons (Fsp3) is 0.484. The van der Waals surface area contributed by atoms with Crippen LogP contribution in [0.15, 0.2) is 42.5 Å². The van der Waals surface area contributed by atoms with Crippen LogP contribution in [-0.2, 0) is 28.8 Å². The number of hydrogen-bond acceptors (Lipinski definition) is 6. The monoisotopic (exact) mass is 626 g/mol. The SMILES string of the molecule is CCCc1cc(C(O)(C(F)F)C(F)(F)F)cc(CCC)c1OC/C=C/CN1C(=O)NC(CC)(c2ccc3c(c2)OCO3)C1=O. The van der Waals surface area contributed by atoms with Crippen LogP contribution in [0.4, 0.5) is 26.7 Å². The van der Waals surface area contributed by atoms with E-state index in [4.69, 9.17) is 14.2 Å². The van der Waals surface area contributed by atoms with Crippen LogP contribution in [0, 0.1) is 0 Å². The summed E-state index contributed by atoms with van der Waals surface area (Å²) in [4.78, 5) is 27.4. The van der Waals surface area contributed by atoms with Crippen molar-refractivity contribution in [2.24, 2.45) is 0 Å². The number of carbonyl (C=O) groups is 2. The molecule has 240 valence electrons. The Morgan fingerprint density at radius 3 is 2.23 bits per heavy atom. The molecule has 2 aromatic rings. The third kappa shape index (κ3) is 5.93. The normalized spacial score (nSPS) is 19.6. The standard InChI is InChI=1S/C31H35F5N2O6/c1-4-9-19-15-22(30(41,26(32)33)31(34,35)36)16-20(10-5-2)25(19)42-14-8-7-13-38-27(39)29(6-3,37-28(38)40)21-11-12-23-24(17-21)44-18-43-23/h7-8,11-12,15-17,26,41H,4-6,9-10,13-14,18H2,1-3H3,(H,37,40)/b8-7+. The number of benzene rings is 2. The first-order valence-electron chi connectivity index (χ1n) is 14.4. The maximum absolute atomic E-state index is 13.6. The smallest absolute Gasteiger partial charge is 0.427 e. The Hall–Kier alpha value is -3.87. The Bertz CT molecular complexity index is 1390. The third-order valence-corrected chi connectivity index (χ3v) is 7.82. The van der Waals surface area contributed by atoms with Gasteiger partial charge in [-0.15, -0.1) is 0 Å². The summed E-state index contributed by atoms with van der Waals surface area (Å²) in [5.41, 5.74) is -5.48. The highest BCUT2D eigenvalue weighted by atomic mass is 19.4. The van der Waals surface area contributed by atoms with Gasteiger partial charge < -0.3 is 24.6 Å². The van der Waals surface area contributed by atoms with E-state index >= 15 is 0 Å². The summed E-state index contributed by atoms with van der Waals surface area (Å²) in [5.74, 6) is 0.823. The van der Waals surface area contributed by atoms with Crippen molar-refractivity contribution in [1.29, 1.82) is 0 Å². The fourth-order valence-corrected chi connectivity index (χ4v) is 5.46. The summed E-state index contributed by atoms with van der Waals surface area (Å²) in [7, 11) is 0. The first kappa shape index (κ1) is 33.0. The molecule has 0 aliphatic carbocycles. The molecule has 0 bridgehead atoms. The number of amides is 3. The van der Waals surface area contributed by atoms with Gasteiger partial charge in [-0.05, 0) is 71.9 Å². The molecule has 44 heavy (non-hydrogen) atoms. The Morgan fingerprint density at radius 2 is 1.66 bits per heavy atom. The van der Waals surface area contributed by atoms with Crippen LogP contribution < -0.4 is 19.5 Å². The lowest BCUT2D eigenvalue weighted by Crippen LogP contribution is -2.48. The lowest BCUT2D eigenvalue weighted by atomic mass is 9.87. The number of rotatable bonds is 13. The number of imide groups is 1. The summed E-state index contributed by atoms with van der Waals surface area (Å²) in [6, 6.07) is 6.32. The number of urea groups is 1. The van der Waals surface area contributed by atoms with Crippen molar-refractivity contribution in [2.75, 3.05) is 19.9 Å². The molecule has 2 heterocycles. The molecule has 0 aromatic heterocycles. The van der Waals surface area contributed by atoms with Crippen molar-refractivity contribution < 1.29 is 50.9 Å². The molecule has 0 spiro atoms. The van der Waals surface area contributed by atoms with Gasteiger partial charge in [0.05, 0.1) is 0 Å². The van der Waals surface area contributed by atoms with E-state index < -0.39 is 41.2 Å². The average Bonchev–Trinajstić information content (AvgIpc) is 3.54. The zero-order valence-corrected chi connectivity index (χ0v) is 24.6. The van der Waals surface area contributed by atoms with E-state index in [0.29, 0.717) is 29.9 Å². The van der Waals surface area contributed by atoms with Gasteiger partial charge in [0.2, 0.25) is 12.4 Å². The number of hydrogen-bond donors (Lipinski definition) is 2. The van der Waals surface area contributed by atoms with Crippen molar-refractivity contribution in [3.05, 3.63) is 64.7 Å². The minimum atomic E-state index is -5.60. The predicted molar refractivity (Wildman–Crippen MR) is 150 cm³/mol. The van der Waals surface area contributed by atoms with Gasteiger partial charge in [-0.1, -0.05) is 45.8 Å². The van der Waals surface area contributed by atoms with E-state index in [1.165, 1.54) is 0 Å². The minimum Gasteiger partial charge on any atom is -0.489 e. The zero-order chi connectivity index (χ0) is 32.3. The number of alkyl halides is 5. The summed E-state index contributed by atoms with van der Waals surface area (Å²) < 4.78 is 84.8. The first-order chi connectivity index (χ1) is 20.8. The lowest BCUT2D eigenvalue weighted by molar-refractivity contribution is -0.305. The molecule has 0 saturated carbocycles. The maximum atomic E-state index is 13.6. The van der Waals surface area contributed by atoms with E-state index in [1.54, 1.807) is 51.1 Å². The molecule has 2 N–H and O–H groups in total. The molecule has 2 aliphatic heterocycles. The van der Waals surface area contributed by atoms with Gasteiger partial charge in [0, 0.05) is 6.54 Å². The molecule has 4 rings (SSSR count). The van der Waals surface area contributed by atoms with Crippen LogP contribution in [0.1, 0.15) is 62.3 Å². The Kier molecular flexibility index (Phi) is 9.77. The third-order valence-electron chi connectivity index (χ3n) is 7.82. The van der Waals surface area contributed by atoms with E-state index in [2.05, 4.69) is 5.32 Å². The van der Waals surface area contributed by atoms with Gasteiger partial charge in [-0.2, -0.15) is 13.2 Å².